The second-order valence-corrected chi connectivity index (χ2v) is 1.88. The summed E-state index contributed by atoms with van der Waals surface area (Å²) >= 11 is 0. The third-order valence-electron chi connectivity index (χ3n) is 1.04. The average molecular weight is 164 g/mol. The summed E-state index contributed by atoms with van der Waals surface area (Å²) in [4.78, 5) is 10.0. The number of aliphatic hydroxyl groups is 1. The van der Waals surface area contributed by atoms with Gasteiger partial charge in [-0.15, -0.1) is 0 Å². The van der Waals surface area contributed by atoms with Crippen molar-refractivity contribution in [3.05, 3.63) is 0 Å². The first kappa shape index (κ1) is 13.0. The van der Waals surface area contributed by atoms with E-state index >= 15 is 0 Å². The summed E-state index contributed by atoms with van der Waals surface area (Å²) in [6.07, 6.45) is 1.14. The number of nitrogens with two attached hydrogens (primary N) is 2. The fourth-order valence-electron chi connectivity index (χ4n) is 0.461. The van der Waals surface area contributed by atoms with Crippen molar-refractivity contribution in [2.24, 2.45) is 11.5 Å². The van der Waals surface area contributed by atoms with E-state index < -0.39 is 12.0 Å². The van der Waals surface area contributed by atoms with Gasteiger partial charge in [-0.2, -0.15) is 0 Å². The molecule has 11 heavy (non-hydrogen) atoms. The molecule has 0 saturated carbocycles. The molecule has 0 rings (SSSR count). The van der Waals surface area contributed by atoms with Gasteiger partial charge in [0.25, 0.3) is 0 Å². The highest BCUT2D eigenvalue weighted by atomic mass is 16.4. The molecule has 0 aliphatic rings. The van der Waals surface area contributed by atoms with Gasteiger partial charge < -0.3 is 21.7 Å². The minimum Gasteiger partial charge on any atom is -0.480 e. The van der Waals surface area contributed by atoms with E-state index in [1.54, 1.807) is 0 Å². The molecule has 0 amide bonds. The number of rotatable bonds is 4. The Labute approximate surface area is 66.0 Å². The molecule has 0 aromatic carbocycles. The van der Waals surface area contributed by atoms with Gasteiger partial charge in [0.2, 0.25) is 0 Å². The monoisotopic (exact) mass is 164 g/mol. The maximum atomic E-state index is 10.0. The number of aliphatic carboxylic acids is 1. The molecule has 0 spiro atoms. The fraction of sp³-hybridized carbons (Fsp3) is 0.833. The summed E-state index contributed by atoms with van der Waals surface area (Å²) in [5, 5.41) is 15.2. The molecule has 0 saturated heterocycles. The van der Waals surface area contributed by atoms with E-state index in [0.717, 1.165) is 7.11 Å². The zero-order valence-corrected chi connectivity index (χ0v) is 6.66. The van der Waals surface area contributed by atoms with Gasteiger partial charge in [-0.1, -0.05) is 0 Å². The molecule has 6 N–H and O–H groups in total. The lowest BCUT2D eigenvalue weighted by Crippen LogP contribution is -2.30. The minimum absolute atomic E-state index is 0.464. The summed E-state index contributed by atoms with van der Waals surface area (Å²) in [7, 11) is 1.00. The molecule has 0 unspecified atom stereocenters. The quantitative estimate of drug-likeness (QED) is 0.415. The zero-order valence-electron chi connectivity index (χ0n) is 6.66. The summed E-state index contributed by atoms with van der Waals surface area (Å²) < 4.78 is 0. The number of hydrogen-bond acceptors (Lipinski definition) is 4. The Morgan fingerprint density at radius 1 is 1.55 bits per heavy atom. The minimum atomic E-state index is -0.955. The Kier molecular flexibility index (Phi) is 11.0. The second kappa shape index (κ2) is 9.35. The van der Waals surface area contributed by atoms with Crippen LogP contribution < -0.4 is 11.5 Å². The smallest absolute Gasteiger partial charge is 0.320 e. The van der Waals surface area contributed by atoms with Gasteiger partial charge in [0, 0.05) is 7.11 Å². The van der Waals surface area contributed by atoms with Gasteiger partial charge in [-0.3, -0.25) is 4.79 Å². The van der Waals surface area contributed by atoms with Crippen molar-refractivity contribution >= 4 is 5.97 Å². The molecule has 0 radical (unpaired) electrons. The lowest BCUT2D eigenvalue weighted by atomic mass is 10.2. The van der Waals surface area contributed by atoms with Crippen LogP contribution in [0.1, 0.15) is 12.8 Å². The predicted molar refractivity (Wildman–Crippen MR) is 42.0 cm³/mol. The molecule has 0 heterocycles. The van der Waals surface area contributed by atoms with E-state index in [4.69, 9.17) is 21.7 Å². The predicted octanol–water partition coefficient (Wildman–Crippen LogP) is -1.25. The summed E-state index contributed by atoms with van der Waals surface area (Å²) in [6, 6.07) is -0.742. The van der Waals surface area contributed by atoms with Gasteiger partial charge in [0.15, 0.2) is 0 Å². The van der Waals surface area contributed by atoms with E-state index in [2.05, 4.69) is 0 Å². The van der Waals surface area contributed by atoms with Gasteiger partial charge in [0.1, 0.15) is 6.04 Å². The highest BCUT2D eigenvalue weighted by molar-refractivity contribution is 5.72. The summed E-state index contributed by atoms with van der Waals surface area (Å²) in [5.41, 5.74) is 10.3. The summed E-state index contributed by atoms with van der Waals surface area (Å²) in [5.74, 6) is -0.955. The number of carboxylic acid groups (broad SMARTS) is 1. The van der Waals surface area contributed by atoms with E-state index in [1.807, 2.05) is 0 Å². The van der Waals surface area contributed by atoms with Crippen molar-refractivity contribution < 1.29 is 15.0 Å². The Balaban J connectivity index is 0. The van der Waals surface area contributed by atoms with Crippen LogP contribution in [0.4, 0.5) is 0 Å². The van der Waals surface area contributed by atoms with Crippen LogP contribution in [0, 0.1) is 0 Å². The van der Waals surface area contributed by atoms with Crippen LogP contribution in [0.25, 0.3) is 0 Å². The molecular weight excluding hydrogens is 148 g/mol. The molecule has 0 aliphatic carbocycles. The van der Waals surface area contributed by atoms with E-state index in [-0.39, 0.29) is 0 Å². The third-order valence-corrected chi connectivity index (χ3v) is 1.04. The fourth-order valence-corrected chi connectivity index (χ4v) is 0.461. The highest BCUT2D eigenvalue weighted by Crippen LogP contribution is 1.91. The van der Waals surface area contributed by atoms with Gasteiger partial charge in [-0.05, 0) is 19.4 Å². The van der Waals surface area contributed by atoms with Crippen molar-refractivity contribution in [1.82, 2.24) is 0 Å². The molecule has 0 aromatic heterocycles. The first-order valence-electron chi connectivity index (χ1n) is 3.31. The largest absolute Gasteiger partial charge is 0.480 e. The standard InChI is InChI=1S/C5H12N2O2.CH4O/c6-3-1-2-4(7)5(8)9;1-2/h4H,1-3,6-7H2,(H,8,9);2H,1H3/t4-;/m0./s1. The Bertz CT molecular complexity index is 97.8. The first-order valence-corrected chi connectivity index (χ1v) is 3.31. The van der Waals surface area contributed by atoms with Crippen LogP contribution >= 0.6 is 0 Å². The van der Waals surface area contributed by atoms with Gasteiger partial charge >= 0.3 is 5.97 Å². The molecular formula is C6H16N2O3. The summed E-state index contributed by atoms with van der Waals surface area (Å²) in [6.45, 7) is 0.501. The highest BCUT2D eigenvalue weighted by Gasteiger charge is 2.08. The zero-order chi connectivity index (χ0) is 9.28. The molecule has 1 atom stereocenters. The number of carboxylic acids is 1. The lowest BCUT2D eigenvalue weighted by molar-refractivity contribution is -0.138. The van der Waals surface area contributed by atoms with Crippen LogP contribution in [-0.2, 0) is 4.79 Å². The molecule has 0 bridgehead atoms. The molecule has 0 fully saturated rings. The number of carbonyl (C=O) groups is 1. The van der Waals surface area contributed by atoms with Crippen molar-refractivity contribution in [3.8, 4) is 0 Å². The molecule has 0 aliphatic heterocycles. The molecule has 5 nitrogen and oxygen atoms in total. The van der Waals surface area contributed by atoms with Crippen molar-refractivity contribution in [1.29, 1.82) is 0 Å². The van der Waals surface area contributed by atoms with Crippen LogP contribution in [-0.4, -0.2) is 35.9 Å². The Morgan fingerprint density at radius 3 is 2.27 bits per heavy atom. The van der Waals surface area contributed by atoms with Crippen molar-refractivity contribution in [3.63, 3.8) is 0 Å². The SMILES string of the molecule is CO.NCCC[C@H](N)C(=O)O. The maximum absolute atomic E-state index is 10.0. The lowest BCUT2D eigenvalue weighted by Gasteiger charge is -2.02. The maximum Gasteiger partial charge on any atom is 0.320 e. The Hall–Kier alpha value is -0.650. The average Bonchev–Trinajstić information content (AvgIpc) is 2.03. The van der Waals surface area contributed by atoms with Crippen molar-refractivity contribution in [2.75, 3.05) is 13.7 Å². The van der Waals surface area contributed by atoms with Gasteiger partial charge in [0.05, 0.1) is 0 Å². The van der Waals surface area contributed by atoms with Crippen LogP contribution in [0.5, 0.6) is 0 Å². The second-order valence-electron chi connectivity index (χ2n) is 1.88. The van der Waals surface area contributed by atoms with Crippen LogP contribution in [0.2, 0.25) is 0 Å². The van der Waals surface area contributed by atoms with E-state index in [0.29, 0.717) is 19.4 Å². The molecule has 68 valence electrons. The topological polar surface area (TPSA) is 110 Å². The third kappa shape index (κ3) is 9.35. The Morgan fingerprint density at radius 2 is 2.00 bits per heavy atom. The number of aliphatic hydroxyl groups excluding tert-OH is 1. The van der Waals surface area contributed by atoms with E-state index in [9.17, 15) is 4.79 Å². The molecule has 5 heteroatoms. The van der Waals surface area contributed by atoms with E-state index in [1.165, 1.54) is 0 Å². The van der Waals surface area contributed by atoms with Gasteiger partial charge in [-0.25, -0.2) is 0 Å². The van der Waals surface area contributed by atoms with Crippen molar-refractivity contribution in [2.45, 2.75) is 18.9 Å². The van der Waals surface area contributed by atoms with Crippen LogP contribution in [0.15, 0.2) is 0 Å². The normalized spacial score (nSPS) is 11.3. The number of hydrogen-bond donors (Lipinski definition) is 4. The molecule has 0 aromatic rings. The first-order chi connectivity index (χ1) is 5.18. The van der Waals surface area contributed by atoms with Crippen LogP contribution in [0.3, 0.4) is 0 Å².